The predicted molar refractivity (Wildman–Crippen MR) is 67.1 cm³/mol. The van der Waals surface area contributed by atoms with Crippen LogP contribution in [0.1, 0.15) is 26.7 Å². The van der Waals surface area contributed by atoms with E-state index in [9.17, 15) is 4.79 Å². The van der Waals surface area contributed by atoms with Crippen molar-refractivity contribution in [1.29, 1.82) is 0 Å². The van der Waals surface area contributed by atoms with E-state index in [0.29, 0.717) is 31.5 Å². The van der Waals surface area contributed by atoms with Crippen LogP contribution in [-0.2, 0) is 14.3 Å². The van der Waals surface area contributed by atoms with E-state index in [1.807, 2.05) is 6.92 Å². The minimum absolute atomic E-state index is 0.179. The van der Waals surface area contributed by atoms with Crippen LogP contribution in [0.25, 0.3) is 0 Å². The van der Waals surface area contributed by atoms with Crippen LogP contribution in [0, 0.1) is 5.92 Å². The number of rotatable bonds is 7. The fourth-order valence-electron chi connectivity index (χ4n) is 2.20. The largest absolute Gasteiger partial charge is 0.382 e. The molecule has 1 aliphatic rings. The molecule has 4 heteroatoms. The second kappa shape index (κ2) is 7.80. The Morgan fingerprint density at radius 1 is 1.29 bits per heavy atom. The molecule has 0 N–H and O–H groups in total. The zero-order valence-electron chi connectivity index (χ0n) is 11.3. The lowest BCUT2D eigenvalue weighted by molar-refractivity contribution is -0.127. The van der Waals surface area contributed by atoms with Gasteiger partial charge in [0.15, 0.2) is 0 Å². The maximum Gasteiger partial charge on any atom is 0.138 e. The molecule has 0 amide bonds. The zero-order valence-corrected chi connectivity index (χ0v) is 11.3. The Bertz CT molecular complexity index is 233. The number of hydrogen-bond acceptors (Lipinski definition) is 4. The highest BCUT2D eigenvalue weighted by Crippen LogP contribution is 2.19. The van der Waals surface area contributed by atoms with Crippen LogP contribution >= 0.6 is 0 Å². The molecule has 1 rings (SSSR count). The molecule has 0 spiro atoms. The van der Waals surface area contributed by atoms with Gasteiger partial charge in [0, 0.05) is 45.2 Å². The lowest BCUT2D eigenvalue weighted by Crippen LogP contribution is -2.47. The number of likely N-dealkylation sites (tertiary alicyclic amines) is 1. The van der Waals surface area contributed by atoms with Crippen molar-refractivity contribution >= 4 is 5.78 Å². The van der Waals surface area contributed by atoms with Gasteiger partial charge in [-0.05, 0) is 13.3 Å². The van der Waals surface area contributed by atoms with Crippen LogP contribution in [0.15, 0.2) is 0 Å². The number of carbonyl (C=O) groups excluding carboxylic acids is 1. The molecular weight excluding hydrogens is 218 g/mol. The first-order chi connectivity index (χ1) is 8.16. The van der Waals surface area contributed by atoms with E-state index in [1.165, 1.54) is 0 Å². The lowest BCUT2D eigenvalue weighted by Gasteiger charge is -2.36. The summed E-state index contributed by atoms with van der Waals surface area (Å²) in [7, 11) is 1.68. The predicted octanol–water partition coefficient (Wildman–Crippen LogP) is 1.34. The Labute approximate surface area is 104 Å². The first-order valence-corrected chi connectivity index (χ1v) is 6.50. The highest BCUT2D eigenvalue weighted by Gasteiger charge is 2.29. The van der Waals surface area contributed by atoms with E-state index in [4.69, 9.17) is 9.47 Å². The fourth-order valence-corrected chi connectivity index (χ4v) is 2.20. The normalized spacial score (nSPS) is 26.4. The molecule has 4 nitrogen and oxygen atoms in total. The van der Waals surface area contributed by atoms with Gasteiger partial charge in [-0.2, -0.15) is 0 Å². The Morgan fingerprint density at radius 2 is 2.06 bits per heavy atom. The van der Waals surface area contributed by atoms with E-state index >= 15 is 0 Å². The molecule has 0 saturated carbocycles. The van der Waals surface area contributed by atoms with Gasteiger partial charge in [0.25, 0.3) is 0 Å². The molecule has 1 aliphatic heterocycles. The number of Topliss-reactive ketones (excluding diaryl/α,β-unsaturated/α-hetero) is 1. The summed E-state index contributed by atoms with van der Waals surface area (Å²) in [5, 5.41) is 0. The summed E-state index contributed by atoms with van der Waals surface area (Å²) in [6.07, 6.45) is 1.73. The third kappa shape index (κ3) is 4.74. The molecule has 0 aliphatic carbocycles. The molecule has 0 aromatic heterocycles. The summed E-state index contributed by atoms with van der Waals surface area (Å²) in [6.45, 7) is 8.21. The smallest absolute Gasteiger partial charge is 0.138 e. The second-order valence-corrected chi connectivity index (χ2v) is 4.74. The Balaban J connectivity index is 2.12. The van der Waals surface area contributed by atoms with Gasteiger partial charge in [-0.15, -0.1) is 0 Å². The number of ether oxygens (including phenoxy) is 2. The van der Waals surface area contributed by atoms with Crippen LogP contribution in [-0.4, -0.2) is 56.7 Å². The summed E-state index contributed by atoms with van der Waals surface area (Å²) in [5.41, 5.74) is 0. The Hall–Kier alpha value is -0.450. The molecule has 17 heavy (non-hydrogen) atoms. The average molecular weight is 243 g/mol. The van der Waals surface area contributed by atoms with Gasteiger partial charge in [-0.25, -0.2) is 0 Å². The number of methoxy groups -OCH3 is 1. The molecule has 0 aromatic rings. The van der Waals surface area contributed by atoms with Crippen molar-refractivity contribution in [2.24, 2.45) is 5.92 Å². The maximum atomic E-state index is 11.5. The molecular formula is C13H25NO3. The standard InChI is InChI=1S/C13H25NO3/c1-11-12(2)14(7-5-13(11)15)6-4-8-17-10-9-16-3/h11-12H,4-10H2,1-3H3. The number of carbonyl (C=O) groups is 1. The summed E-state index contributed by atoms with van der Waals surface area (Å²) in [6, 6.07) is 0.371. The molecule has 2 atom stereocenters. The van der Waals surface area contributed by atoms with Crippen LogP contribution in [0.5, 0.6) is 0 Å². The van der Waals surface area contributed by atoms with Crippen molar-refractivity contribution in [3.05, 3.63) is 0 Å². The van der Waals surface area contributed by atoms with E-state index in [1.54, 1.807) is 7.11 Å². The molecule has 1 saturated heterocycles. The van der Waals surface area contributed by atoms with Crippen LogP contribution in [0.3, 0.4) is 0 Å². The highest BCUT2D eigenvalue weighted by molar-refractivity contribution is 5.82. The van der Waals surface area contributed by atoms with Crippen molar-refractivity contribution < 1.29 is 14.3 Å². The molecule has 1 heterocycles. The Kier molecular flexibility index (Phi) is 6.70. The molecule has 0 radical (unpaired) electrons. The average Bonchev–Trinajstić information content (AvgIpc) is 2.33. The third-order valence-electron chi connectivity index (χ3n) is 3.62. The minimum Gasteiger partial charge on any atom is -0.382 e. The van der Waals surface area contributed by atoms with E-state index in [-0.39, 0.29) is 5.92 Å². The summed E-state index contributed by atoms with van der Waals surface area (Å²) >= 11 is 0. The van der Waals surface area contributed by atoms with Gasteiger partial charge in [-0.3, -0.25) is 9.69 Å². The summed E-state index contributed by atoms with van der Waals surface area (Å²) in [4.78, 5) is 13.9. The van der Waals surface area contributed by atoms with Crippen LogP contribution in [0.2, 0.25) is 0 Å². The molecule has 1 fully saturated rings. The molecule has 0 bridgehead atoms. The lowest BCUT2D eigenvalue weighted by atomic mass is 9.90. The third-order valence-corrected chi connectivity index (χ3v) is 3.62. The van der Waals surface area contributed by atoms with Crippen molar-refractivity contribution in [1.82, 2.24) is 4.90 Å². The van der Waals surface area contributed by atoms with E-state index in [2.05, 4.69) is 11.8 Å². The quantitative estimate of drug-likeness (QED) is 0.633. The maximum absolute atomic E-state index is 11.5. The van der Waals surface area contributed by atoms with Gasteiger partial charge in [0.05, 0.1) is 13.2 Å². The van der Waals surface area contributed by atoms with Gasteiger partial charge < -0.3 is 9.47 Å². The number of hydrogen-bond donors (Lipinski definition) is 0. The number of nitrogens with zero attached hydrogens (tertiary/aromatic N) is 1. The molecule has 2 unspecified atom stereocenters. The van der Waals surface area contributed by atoms with Crippen molar-refractivity contribution in [2.75, 3.05) is 40.0 Å². The van der Waals surface area contributed by atoms with Crippen LogP contribution < -0.4 is 0 Å². The topological polar surface area (TPSA) is 38.8 Å². The van der Waals surface area contributed by atoms with Crippen molar-refractivity contribution in [2.45, 2.75) is 32.7 Å². The van der Waals surface area contributed by atoms with Crippen molar-refractivity contribution in [3.63, 3.8) is 0 Å². The summed E-state index contributed by atoms with van der Waals surface area (Å²) in [5.74, 6) is 0.586. The van der Waals surface area contributed by atoms with Crippen LogP contribution in [0.4, 0.5) is 0 Å². The molecule has 100 valence electrons. The zero-order chi connectivity index (χ0) is 12.7. The van der Waals surface area contributed by atoms with E-state index in [0.717, 1.165) is 26.1 Å². The minimum atomic E-state index is 0.179. The highest BCUT2D eigenvalue weighted by atomic mass is 16.5. The first kappa shape index (κ1) is 14.6. The SMILES string of the molecule is COCCOCCCN1CCC(=O)C(C)C1C. The van der Waals surface area contributed by atoms with Crippen molar-refractivity contribution in [3.8, 4) is 0 Å². The fraction of sp³-hybridized carbons (Fsp3) is 0.923. The second-order valence-electron chi connectivity index (χ2n) is 4.74. The Morgan fingerprint density at radius 3 is 2.76 bits per heavy atom. The summed E-state index contributed by atoms with van der Waals surface area (Å²) < 4.78 is 10.3. The number of ketones is 1. The monoisotopic (exact) mass is 243 g/mol. The molecule has 0 aromatic carbocycles. The van der Waals surface area contributed by atoms with Gasteiger partial charge in [0.2, 0.25) is 0 Å². The van der Waals surface area contributed by atoms with E-state index < -0.39 is 0 Å². The van der Waals surface area contributed by atoms with Gasteiger partial charge in [0.1, 0.15) is 5.78 Å². The first-order valence-electron chi connectivity index (χ1n) is 6.50. The van der Waals surface area contributed by atoms with Gasteiger partial charge >= 0.3 is 0 Å². The number of piperidine rings is 1. The van der Waals surface area contributed by atoms with Gasteiger partial charge in [-0.1, -0.05) is 6.92 Å².